The molecule has 4 rings (SSSR count). The molecule has 3 saturated heterocycles. The molecule has 2 atom stereocenters. The smallest absolute Gasteiger partial charge is 0.252 e. The third-order valence-corrected chi connectivity index (χ3v) is 7.57. The number of aliphatic imine (C=N–C) groups is 1. The highest BCUT2D eigenvalue weighted by Gasteiger charge is 2.54. The largest absolute Gasteiger partial charge is 0.315 e. The highest BCUT2D eigenvalue weighted by Crippen LogP contribution is 2.47. The van der Waals surface area contributed by atoms with Gasteiger partial charge < -0.3 is 4.90 Å². The number of rotatable bonds is 2. The Kier molecular flexibility index (Phi) is 4.32. The number of carbonyl (C=O) groups excluding carboxylic acids is 2. The normalized spacial score (nSPS) is 30.4. The Morgan fingerprint density at radius 1 is 1.36 bits per heavy atom. The van der Waals surface area contributed by atoms with Gasteiger partial charge >= 0.3 is 0 Å². The summed E-state index contributed by atoms with van der Waals surface area (Å²) < 4.78 is 0. The summed E-state index contributed by atoms with van der Waals surface area (Å²) in [7, 11) is 0. The van der Waals surface area contributed by atoms with Crippen molar-refractivity contribution < 1.29 is 9.59 Å². The lowest BCUT2D eigenvalue weighted by atomic mass is 10.2. The minimum Gasteiger partial charge on any atom is -0.315 e. The zero-order valence-electron chi connectivity index (χ0n) is 14.4. The second kappa shape index (κ2) is 6.36. The number of carbonyl (C=O) groups is 2. The number of para-hydroxylation sites is 1. The second-order valence-corrected chi connectivity index (χ2v) is 9.35. The fourth-order valence-corrected chi connectivity index (χ4v) is 6.05. The van der Waals surface area contributed by atoms with Crippen LogP contribution in [0.25, 0.3) is 0 Å². The molecule has 0 aliphatic carbocycles. The van der Waals surface area contributed by atoms with Crippen molar-refractivity contribution in [3.05, 3.63) is 29.8 Å². The van der Waals surface area contributed by atoms with Crippen molar-refractivity contribution in [1.82, 2.24) is 9.80 Å². The Morgan fingerprint density at radius 3 is 2.96 bits per heavy atom. The van der Waals surface area contributed by atoms with Crippen LogP contribution in [0, 0.1) is 6.92 Å². The summed E-state index contributed by atoms with van der Waals surface area (Å²) in [4.78, 5) is 33.6. The van der Waals surface area contributed by atoms with E-state index in [0.29, 0.717) is 18.7 Å². The van der Waals surface area contributed by atoms with Crippen LogP contribution in [-0.2, 0) is 9.59 Å². The minimum atomic E-state index is -0.356. The molecular formula is C18H21N3O2S2. The fourth-order valence-electron chi connectivity index (χ4n) is 3.67. The van der Waals surface area contributed by atoms with Gasteiger partial charge in [0.1, 0.15) is 6.04 Å². The third kappa shape index (κ3) is 2.87. The molecule has 132 valence electrons. The Bertz CT molecular complexity index is 766. The van der Waals surface area contributed by atoms with Gasteiger partial charge in [-0.25, -0.2) is 4.99 Å². The quantitative estimate of drug-likeness (QED) is 0.797. The standard InChI is InChI=1S/C18H21N3O2S2/c1-12-5-3-4-6-13(12)19-17-20(9-10-24-17)16(23)14-11-25-18(2)8-7-15(22)21(14)18/h3-6,14H,7-11H2,1-2H3/t14-,18+/m1/s1. The van der Waals surface area contributed by atoms with Gasteiger partial charge in [0.05, 0.1) is 10.6 Å². The summed E-state index contributed by atoms with van der Waals surface area (Å²) in [5.74, 6) is 1.65. The van der Waals surface area contributed by atoms with Gasteiger partial charge in [-0.15, -0.1) is 11.8 Å². The highest BCUT2D eigenvalue weighted by molar-refractivity contribution is 8.14. The van der Waals surface area contributed by atoms with Crippen LogP contribution in [0.1, 0.15) is 25.3 Å². The van der Waals surface area contributed by atoms with E-state index in [-0.39, 0.29) is 22.7 Å². The maximum atomic E-state index is 13.2. The SMILES string of the molecule is Cc1ccccc1N=C1SCCN1C(=O)[C@H]1CS[C@@]2(C)CCC(=O)N12. The van der Waals surface area contributed by atoms with Gasteiger partial charge in [0.2, 0.25) is 5.91 Å². The lowest BCUT2D eigenvalue weighted by Gasteiger charge is -2.31. The number of hydrogen-bond donors (Lipinski definition) is 0. The summed E-state index contributed by atoms with van der Waals surface area (Å²) in [5.41, 5.74) is 1.99. The second-order valence-electron chi connectivity index (χ2n) is 6.78. The van der Waals surface area contributed by atoms with E-state index in [1.807, 2.05) is 36.1 Å². The fraction of sp³-hybridized carbons (Fsp3) is 0.500. The van der Waals surface area contributed by atoms with Crippen LogP contribution >= 0.6 is 23.5 Å². The van der Waals surface area contributed by atoms with E-state index in [1.54, 1.807) is 28.4 Å². The Balaban J connectivity index is 1.60. The third-order valence-electron chi connectivity index (χ3n) is 5.10. The van der Waals surface area contributed by atoms with Crippen molar-refractivity contribution >= 4 is 46.2 Å². The van der Waals surface area contributed by atoms with Crippen molar-refractivity contribution in [2.75, 3.05) is 18.1 Å². The molecule has 0 unspecified atom stereocenters. The number of benzene rings is 1. The first-order valence-corrected chi connectivity index (χ1v) is 10.5. The molecule has 0 saturated carbocycles. The predicted octanol–water partition coefficient (Wildman–Crippen LogP) is 3.01. The molecule has 25 heavy (non-hydrogen) atoms. The van der Waals surface area contributed by atoms with Crippen LogP contribution in [0.15, 0.2) is 29.3 Å². The molecule has 7 heteroatoms. The van der Waals surface area contributed by atoms with Crippen molar-refractivity contribution in [3.63, 3.8) is 0 Å². The molecule has 0 bridgehead atoms. The molecule has 1 aromatic carbocycles. The first kappa shape index (κ1) is 17.0. The van der Waals surface area contributed by atoms with Crippen LogP contribution in [0.4, 0.5) is 5.69 Å². The van der Waals surface area contributed by atoms with Gasteiger partial charge in [0.15, 0.2) is 5.17 Å². The van der Waals surface area contributed by atoms with Crippen LogP contribution < -0.4 is 0 Å². The number of fused-ring (bicyclic) bond motifs is 1. The molecule has 1 aromatic rings. The number of amidine groups is 1. The van der Waals surface area contributed by atoms with Gasteiger partial charge in [-0.05, 0) is 31.9 Å². The summed E-state index contributed by atoms with van der Waals surface area (Å²) in [6.45, 7) is 4.76. The highest BCUT2D eigenvalue weighted by atomic mass is 32.2. The van der Waals surface area contributed by atoms with E-state index in [2.05, 4.69) is 6.92 Å². The lowest BCUT2D eigenvalue weighted by Crippen LogP contribution is -2.51. The molecule has 3 aliphatic heterocycles. The Hall–Kier alpha value is -1.47. The van der Waals surface area contributed by atoms with E-state index in [0.717, 1.165) is 28.6 Å². The molecular weight excluding hydrogens is 354 g/mol. The van der Waals surface area contributed by atoms with Crippen LogP contribution in [-0.4, -0.2) is 55.7 Å². The number of thioether (sulfide) groups is 2. The van der Waals surface area contributed by atoms with Gasteiger partial charge in [-0.1, -0.05) is 30.0 Å². The summed E-state index contributed by atoms with van der Waals surface area (Å²) in [6, 6.07) is 7.58. The van der Waals surface area contributed by atoms with Crippen LogP contribution in [0.3, 0.4) is 0 Å². The van der Waals surface area contributed by atoms with Gasteiger partial charge in [-0.3, -0.25) is 14.5 Å². The van der Waals surface area contributed by atoms with Crippen molar-refractivity contribution in [3.8, 4) is 0 Å². The van der Waals surface area contributed by atoms with E-state index >= 15 is 0 Å². The monoisotopic (exact) mass is 375 g/mol. The molecule has 0 aromatic heterocycles. The Labute approximate surface area is 156 Å². The maximum absolute atomic E-state index is 13.2. The number of aryl methyl sites for hydroxylation is 1. The summed E-state index contributed by atoms with van der Waals surface area (Å²) in [6.07, 6.45) is 1.38. The van der Waals surface area contributed by atoms with Crippen LogP contribution in [0.5, 0.6) is 0 Å². The molecule has 0 radical (unpaired) electrons. The molecule has 3 heterocycles. The van der Waals surface area contributed by atoms with Gasteiger partial charge in [0.25, 0.3) is 5.91 Å². The van der Waals surface area contributed by atoms with Gasteiger partial charge in [0, 0.05) is 24.5 Å². The molecule has 5 nitrogen and oxygen atoms in total. The minimum absolute atomic E-state index is 0.0174. The maximum Gasteiger partial charge on any atom is 0.252 e. The van der Waals surface area contributed by atoms with E-state index in [9.17, 15) is 9.59 Å². The van der Waals surface area contributed by atoms with Crippen molar-refractivity contribution in [1.29, 1.82) is 0 Å². The zero-order chi connectivity index (χ0) is 17.6. The van der Waals surface area contributed by atoms with E-state index in [4.69, 9.17) is 4.99 Å². The topological polar surface area (TPSA) is 53.0 Å². The van der Waals surface area contributed by atoms with Crippen molar-refractivity contribution in [2.24, 2.45) is 4.99 Å². The molecule has 3 aliphatic rings. The summed E-state index contributed by atoms with van der Waals surface area (Å²) >= 11 is 3.34. The van der Waals surface area contributed by atoms with E-state index in [1.165, 1.54) is 0 Å². The number of hydrogen-bond acceptors (Lipinski definition) is 5. The molecule has 0 spiro atoms. The predicted molar refractivity (Wildman–Crippen MR) is 103 cm³/mol. The lowest BCUT2D eigenvalue weighted by molar-refractivity contribution is -0.141. The average Bonchev–Trinajstić information content (AvgIpc) is 3.26. The number of amides is 2. The van der Waals surface area contributed by atoms with E-state index < -0.39 is 0 Å². The molecule has 2 amide bonds. The van der Waals surface area contributed by atoms with Gasteiger partial charge in [-0.2, -0.15) is 0 Å². The first-order chi connectivity index (χ1) is 12.0. The Morgan fingerprint density at radius 2 is 2.16 bits per heavy atom. The molecule has 3 fully saturated rings. The first-order valence-electron chi connectivity index (χ1n) is 8.54. The van der Waals surface area contributed by atoms with Crippen molar-refractivity contribution in [2.45, 2.75) is 37.6 Å². The van der Waals surface area contributed by atoms with Crippen LogP contribution in [0.2, 0.25) is 0 Å². The number of nitrogens with zero attached hydrogens (tertiary/aromatic N) is 3. The zero-order valence-corrected chi connectivity index (χ0v) is 16.0. The average molecular weight is 376 g/mol. The molecule has 0 N–H and O–H groups in total. The summed E-state index contributed by atoms with van der Waals surface area (Å²) in [5, 5.41) is 0.754.